The van der Waals surface area contributed by atoms with E-state index in [2.05, 4.69) is 10.4 Å². The van der Waals surface area contributed by atoms with Crippen molar-refractivity contribution in [2.75, 3.05) is 11.9 Å². The fourth-order valence-corrected chi connectivity index (χ4v) is 3.93. The highest BCUT2D eigenvalue weighted by Crippen LogP contribution is 2.38. The van der Waals surface area contributed by atoms with Gasteiger partial charge in [-0.3, -0.25) is 9.59 Å². The van der Waals surface area contributed by atoms with Gasteiger partial charge in [0.1, 0.15) is 11.6 Å². The van der Waals surface area contributed by atoms with E-state index in [1.807, 2.05) is 32.9 Å². The van der Waals surface area contributed by atoms with Crippen LogP contribution in [-0.4, -0.2) is 28.1 Å². The number of amides is 1. The Morgan fingerprint density at radius 1 is 1.23 bits per heavy atom. The van der Waals surface area contributed by atoms with Crippen LogP contribution in [0, 0.1) is 13.8 Å². The van der Waals surface area contributed by atoms with Gasteiger partial charge in [-0.25, -0.2) is 4.68 Å². The molecule has 0 bridgehead atoms. The lowest BCUT2D eigenvalue weighted by atomic mass is 9.85. The van der Waals surface area contributed by atoms with Crippen LogP contribution in [0.15, 0.2) is 42.5 Å². The van der Waals surface area contributed by atoms with Gasteiger partial charge in [-0.05, 0) is 62.7 Å². The monoisotopic (exact) mass is 423 g/mol. The lowest BCUT2D eigenvalue weighted by molar-refractivity contribution is -0.116. The van der Waals surface area contributed by atoms with Gasteiger partial charge in [0.25, 0.3) is 0 Å². The minimum absolute atomic E-state index is 0.0836. The summed E-state index contributed by atoms with van der Waals surface area (Å²) in [4.78, 5) is 25.8. The number of fused-ring (bicyclic) bond motifs is 1. The quantitative estimate of drug-likeness (QED) is 0.595. The average Bonchev–Trinajstić information content (AvgIpc) is 3.06. The van der Waals surface area contributed by atoms with Crippen molar-refractivity contribution in [1.29, 1.82) is 0 Å². The highest BCUT2D eigenvalue weighted by Gasteiger charge is 2.36. The Hall–Kier alpha value is -3.12. The molecular formula is C23H22ClN3O3. The maximum Gasteiger partial charge on any atom is 0.226 e. The largest absolute Gasteiger partial charge is 0.494 e. The molecule has 0 saturated carbocycles. The van der Waals surface area contributed by atoms with Gasteiger partial charge in [-0.15, -0.1) is 0 Å². The van der Waals surface area contributed by atoms with Crippen molar-refractivity contribution in [2.24, 2.45) is 0 Å². The summed E-state index contributed by atoms with van der Waals surface area (Å²) < 4.78 is 7.09. The fourth-order valence-electron chi connectivity index (χ4n) is 3.75. The first kappa shape index (κ1) is 20.2. The molecule has 0 unspecified atom stereocenters. The molecule has 154 valence electrons. The molecule has 4 rings (SSSR count). The predicted molar refractivity (Wildman–Crippen MR) is 116 cm³/mol. The number of carbonyl (C=O) groups excluding carboxylic acids is 2. The van der Waals surface area contributed by atoms with Crippen molar-refractivity contribution in [3.63, 3.8) is 0 Å². The molecule has 6 nitrogen and oxygen atoms in total. The Morgan fingerprint density at radius 2 is 1.97 bits per heavy atom. The lowest BCUT2D eigenvalue weighted by Crippen LogP contribution is -2.28. The minimum Gasteiger partial charge on any atom is -0.494 e. The molecule has 1 amide bonds. The summed E-state index contributed by atoms with van der Waals surface area (Å²) in [5, 5.41) is 8.10. The van der Waals surface area contributed by atoms with E-state index in [1.165, 1.54) is 0 Å². The van der Waals surface area contributed by atoms with Crippen LogP contribution in [0.5, 0.6) is 5.75 Å². The number of ether oxygens (including phenoxy) is 1. The van der Waals surface area contributed by atoms with E-state index in [9.17, 15) is 9.59 Å². The number of hydrogen-bond acceptors (Lipinski definition) is 4. The number of carbonyl (C=O) groups is 2. The molecule has 0 spiro atoms. The zero-order valence-corrected chi connectivity index (χ0v) is 17.8. The lowest BCUT2D eigenvalue weighted by Gasteiger charge is -2.23. The van der Waals surface area contributed by atoms with Crippen molar-refractivity contribution >= 4 is 29.1 Å². The maximum atomic E-state index is 13.3. The molecule has 7 heteroatoms. The van der Waals surface area contributed by atoms with Crippen LogP contribution in [0.2, 0.25) is 5.02 Å². The van der Waals surface area contributed by atoms with Gasteiger partial charge in [-0.1, -0.05) is 17.7 Å². The number of nitrogens with zero attached hydrogens (tertiary/aromatic N) is 2. The van der Waals surface area contributed by atoms with Crippen molar-refractivity contribution in [3.8, 4) is 11.4 Å². The average molecular weight is 424 g/mol. The van der Waals surface area contributed by atoms with Gasteiger partial charge in [0, 0.05) is 22.6 Å². The van der Waals surface area contributed by atoms with E-state index >= 15 is 0 Å². The van der Waals surface area contributed by atoms with Gasteiger partial charge in [0.15, 0.2) is 5.78 Å². The van der Waals surface area contributed by atoms with Gasteiger partial charge >= 0.3 is 0 Å². The van der Waals surface area contributed by atoms with E-state index in [-0.39, 0.29) is 18.1 Å². The van der Waals surface area contributed by atoms with E-state index in [0.717, 1.165) is 16.8 Å². The van der Waals surface area contributed by atoms with E-state index in [4.69, 9.17) is 16.3 Å². The second-order valence-electron chi connectivity index (χ2n) is 7.32. The Kier molecular flexibility index (Phi) is 5.35. The summed E-state index contributed by atoms with van der Waals surface area (Å²) in [6, 6.07) is 12.6. The SMILES string of the molecule is CCOc1ccc(C(=O)[C@@H]2CC(=O)Nc3c2c(C)nn3-c2ccc(C)c(Cl)c2)cc1. The Labute approximate surface area is 179 Å². The second-order valence-corrected chi connectivity index (χ2v) is 7.73. The van der Waals surface area contributed by atoms with E-state index < -0.39 is 5.92 Å². The summed E-state index contributed by atoms with van der Waals surface area (Å²) in [7, 11) is 0. The number of aryl methyl sites for hydroxylation is 2. The number of aromatic nitrogens is 2. The Morgan fingerprint density at radius 3 is 2.63 bits per heavy atom. The number of rotatable bonds is 5. The van der Waals surface area contributed by atoms with E-state index in [1.54, 1.807) is 35.0 Å². The van der Waals surface area contributed by atoms with Crippen LogP contribution in [-0.2, 0) is 4.79 Å². The molecule has 2 heterocycles. The third-order valence-electron chi connectivity index (χ3n) is 5.27. The van der Waals surface area contributed by atoms with Crippen molar-refractivity contribution < 1.29 is 14.3 Å². The first-order chi connectivity index (χ1) is 14.4. The van der Waals surface area contributed by atoms with Gasteiger partial charge in [0.2, 0.25) is 5.91 Å². The second kappa shape index (κ2) is 7.95. The fraction of sp³-hybridized carbons (Fsp3) is 0.261. The van der Waals surface area contributed by atoms with Crippen LogP contribution in [0.25, 0.3) is 5.69 Å². The topological polar surface area (TPSA) is 73.2 Å². The Balaban J connectivity index is 1.75. The third-order valence-corrected chi connectivity index (χ3v) is 5.68. The van der Waals surface area contributed by atoms with Crippen LogP contribution >= 0.6 is 11.6 Å². The van der Waals surface area contributed by atoms with Gasteiger partial charge < -0.3 is 10.1 Å². The Bertz CT molecular complexity index is 1140. The standard InChI is InChI=1S/C23H22ClN3O3/c1-4-30-17-9-6-15(7-10-17)22(29)18-12-20(28)25-23-21(18)14(3)26-27(23)16-8-5-13(2)19(24)11-16/h5-11,18H,4,12H2,1-3H3,(H,25,28)/t18-/m1/s1. The van der Waals surface area contributed by atoms with Crippen molar-refractivity contribution in [3.05, 3.63) is 69.9 Å². The van der Waals surface area contributed by atoms with Gasteiger partial charge in [-0.2, -0.15) is 5.10 Å². The molecule has 1 aliphatic rings. The molecule has 1 atom stereocenters. The molecule has 2 aromatic carbocycles. The smallest absolute Gasteiger partial charge is 0.226 e. The first-order valence-electron chi connectivity index (χ1n) is 9.82. The van der Waals surface area contributed by atoms with Crippen molar-refractivity contribution in [1.82, 2.24) is 9.78 Å². The molecule has 0 saturated heterocycles. The number of hydrogen-bond donors (Lipinski definition) is 1. The summed E-state index contributed by atoms with van der Waals surface area (Å²) in [6.07, 6.45) is 0.0836. The highest BCUT2D eigenvalue weighted by molar-refractivity contribution is 6.31. The number of benzene rings is 2. The van der Waals surface area contributed by atoms with Crippen LogP contribution < -0.4 is 10.1 Å². The molecule has 0 fully saturated rings. The van der Waals surface area contributed by atoms with Crippen molar-refractivity contribution in [2.45, 2.75) is 33.1 Å². The molecule has 1 aliphatic heterocycles. The minimum atomic E-state index is -0.596. The zero-order chi connectivity index (χ0) is 21.4. The number of ketones is 1. The summed E-state index contributed by atoms with van der Waals surface area (Å²) in [5.74, 6) is 0.301. The molecular weight excluding hydrogens is 402 g/mol. The van der Waals surface area contributed by atoms with Crippen LogP contribution in [0.4, 0.5) is 5.82 Å². The number of halogens is 1. The number of Topliss-reactive ketones (excluding diaryl/α,β-unsaturated/α-hetero) is 1. The van der Waals surface area contributed by atoms with E-state index in [0.29, 0.717) is 34.5 Å². The maximum absolute atomic E-state index is 13.3. The number of nitrogens with one attached hydrogen (secondary N) is 1. The van der Waals surface area contributed by atoms with Gasteiger partial charge in [0.05, 0.1) is 23.9 Å². The highest BCUT2D eigenvalue weighted by atomic mass is 35.5. The molecule has 3 aromatic rings. The van der Waals surface area contributed by atoms with Crippen LogP contribution in [0.3, 0.4) is 0 Å². The molecule has 1 aromatic heterocycles. The third kappa shape index (κ3) is 3.59. The summed E-state index contributed by atoms with van der Waals surface area (Å²) in [5.41, 5.74) is 3.65. The summed E-state index contributed by atoms with van der Waals surface area (Å²) >= 11 is 6.28. The molecule has 0 aliphatic carbocycles. The first-order valence-corrected chi connectivity index (χ1v) is 10.2. The molecule has 1 N–H and O–H groups in total. The zero-order valence-electron chi connectivity index (χ0n) is 17.0. The van der Waals surface area contributed by atoms with Crippen LogP contribution in [0.1, 0.15) is 46.4 Å². The molecule has 30 heavy (non-hydrogen) atoms. The normalized spacial score (nSPS) is 15.5. The number of anilines is 1. The predicted octanol–water partition coefficient (Wildman–Crippen LogP) is 4.85. The summed E-state index contributed by atoms with van der Waals surface area (Å²) in [6.45, 7) is 6.23. The molecule has 0 radical (unpaired) electrons.